The quantitative estimate of drug-likeness (QED) is 0.329. The summed E-state index contributed by atoms with van der Waals surface area (Å²) >= 11 is 1.62. The minimum atomic E-state index is -0.413. The number of benzene rings is 1. The van der Waals surface area contributed by atoms with Crippen molar-refractivity contribution in [2.45, 2.75) is 13.2 Å². The Kier molecular flexibility index (Phi) is 5.92. The van der Waals surface area contributed by atoms with Crippen molar-refractivity contribution in [3.8, 4) is 10.6 Å². The van der Waals surface area contributed by atoms with Gasteiger partial charge in [0.25, 0.3) is 0 Å². The molecule has 0 saturated carbocycles. The summed E-state index contributed by atoms with van der Waals surface area (Å²) in [7, 11) is 0. The van der Waals surface area contributed by atoms with E-state index < -0.39 is 5.97 Å². The topological polar surface area (TPSA) is 57.0 Å². The predicted octanol–water partition coefficient (Wildman–Crippen LogP) is 4.81. The fourth-order valence-electron chi connectivity index (χ4n) is 2.85. The largest absolute Gasteiger partial charge is 0.456 e. The maximum absolute atomic E-state index is 12.1. The Bertz CT molecular complexity index is 1090. The Morgan fingerprint density at radius 1 is 1.07 bits per heavy atom. The second kappa shape index (κ2) is 9.12. The van der Waals surface area contributed by atoms with Crippen molar-refractivity contribution in [1.82, 2.24) is 14.8 Å². The minimum Gasteiger partial charge on any atom is -0.456 e. The summed E-state index contributed by atoms with van der Waals surface area (Å²) in [4.78, 5) is 17.3. The van der Waals surface area contributed by atoms with Gasteiger partial charge in [0.05, 0.1) is 17.1 Å². The molecule has 0 spiro atoms. The molecule has 6 heteroatoms. The molecule has 0 N–H and O–H groups in total. The van der Waals surface area contributed by atoms with Crippen LogP contribution in [0, 0.1) is 0 Å². The summed E-state index contributed by atoms with van der Waals surface area (Å²) < 4.78 is 7.16. The van der Waals surface area contributed by atoms with E-state index in [2.05, 4.69) is 17.1 Å². The van der Waals surface area contributed by atoms with Gasteiger partial charge >= 0.3 is 5.97 Å². The van der Waals surface area contributed by atoms with Crippen LogP contribution in [0.2, 0.25) is 0 Å². The van der Waals surface area contributed by atoms with E-state index in [0.29, 0.717) is 12.2 Å². The zero-order valence-corrected chi connectivity index (χ0v) is 16.5. The molecule has 4 aromatic rings. The number of hydrogen-bond acceptors (Lipinski definition) is 5. The Morgan fingerprint density at radius 2 is 1.93 bits per heavy atom. The first-order valence-electron chi connectivity index (χ1n) is 9.18. The second-order valence-corrected chi connectivity index (χ2v) is 7.30. The van der Waals surface area contributed by atoms with E-state index in [1.165, 1.54) is 6.08 Å². The van der Waals surface area contributed by atoms with Gasteiger partial charge in [-0.1, -0.05) is 42.5 Å². The summed E-state index contributed by atoms with van der Waals surface area (Å²) in [6, 6.07) is 19.7. The average Bonchev–Trinajstić information content (AvgIpc) is 3.42. The first-order valence-corrected chi connectivity index (χ1v) is 10.1. The lowest BCUT2D eigenvalue weighted by Crippen LogP contribution is -2.01. The van der Waals surface area contributed by atoms with E-state index in [4.69, 9.17) is 9.84 Å². The molecule has 0 amide bonds. The van der Waals surface area contributed by atoms with Gasteiger partial charge in [-0.2, -0.15) is 5.10 Å². The summed E-state index contributed by atoms with van der Waals surface area (Å²) in [6.45, 7) is 0.812. The molecule has 1 aromatic carbocycles. The van der Waals surface area contributed by atoms with Gasteiger partial charge in [0.2, 0.25) is 0 Å². The summed E-state index contributed by atoms with van der Waals surface area (Å²) in [5.41, 5.74) is 3.60. The first-order chi connectivity index (χ1) is 14.3. The molecule has 0 saturated heterocycles. The number of aromatic nitrogens is 3. The number of nitrogens with zero attached hydrogens (tertiary/aromatic N) is 3. The normalized spacial score (nSPS) is 11.0. The maximum atomic E-state index is 12.1. The van der Waals surface area contributed by atoms with E-state index in [1.54, 1.807) is 23.6 Å². The molecule has 0 bridgehead atoms. The van der Waals surface area contributed by atoms with Crippen molar-refractivity contribution in [2.75, 3.05) is 0 Å². The molecule has 0 aliphatic heterocycles. The second-order valence-electron chi connectivity index (χ2n) is 6.36. The highest BCUT2D eigenvalue weighted by molar-refractivity contribution is 7.13. The van der Waals surface area contributed by atoms with Gasteiger partial charge in [0.1, 0.15) is 12.3 Å². The summed E-state index contributed by atoms with van der Waals surface area (Å²) in [5.74, 6) is -0.413. The van der Waals surface area contributed by atoms with Gasteiger partial charge in [-0.05, 0) is 35.2 Å². The van der Waals surface area contributed by atoms with Gasteiger partial charge in [-0.25, -0.2) is 4.79 Å². The van der Waals surface area contributed by atoms with Crippen molar-refractivity contribution < 1.29 is 9.53 Å². The molecule has 0 aliphatic carbocycles. The van der Waals surface area contributed by atoms with Crippen molar-refractivity contribution in [1.29, 1.82) is 0 Å². The van der Waals surface area contributed by atoms with Crippen LogP contribution in [0.25, 0.3) is 16.6 Å². The van der Waals surface area contributed by atoms with Gasteiger partial charge in [-0.15, -0.1) is 11.3 Å². The van der Waals surface area contributed by atoms with E-state index >= 15 is 0 Å². The van der Waals surface area contributed by atoms with Crippen LogP contribution in [0.3, 0.4) is 0 Å². The molecular formula is C23H19N3O2S. The fraction of sp³-hybridized carbons (Fsp3) is 0.0870. The third kappa shape index (κ3) is 5.06. The standard InChI is InChI=1S/C23H19N3O2S/c27-22(28-17-20-9-4-5-13-24-20)12-11-19-16-26(15-18-7-2-1-3-8-18)25-23(19)21-10-6-14-29-21/h1-14,16H,15,17H2/b12-11+. The molecular weight excluding hydrogens is 382 g/mol. The smallest absolute Gasteiger partial charge is 0.331 e. The molecule has 0 unspecified atom stereocenters. The highest BCUT2D eigenvalue weighted by Gasteiger charge is 2.11. The van der Waals surface area contributed by atoms with Crippen molar-refractivity contribution in [3.05, 3.63) is 101 Å². The summed E-state index contributed by atoms with van der Waals surface area (Å²) in [6.07, 6.45) is 6.81. The Morgan fingerprint density at radius 3 is 2.69 bits per heavy atom. The van der Waals surface area contributed by atoms with E-state index in [1.807, 2.05) is 64.8 Å². The lowest BCUT2D eigenvalue weighted by molar-refractivity contribution is -0.139. The van der Waals surface area contributed by atoms with E-state index in [9.17, 15) is 4.79 Å². The van der Waals surface area contributed by atoms with Crippen molar-refractivity contribution >= 4 is 23.4 Å². The zero-order chi connectivity index (χ0) is 19.9. The van der Waals surface area contributed by atoms with Crippen LogP contribution in [0.4, 0.5) is 0 Å². The van der Waals surface area contributed by atoms with Crippen molar-refractivity contribution in [2.24, 2.45) is 0 Å². The molecule has 0 aliphatic rings. The van der Waals surface area contributed by atoms with Gasteiger partial charge in [0.15, 0.2) is 0 Å². The number of esters is 1. The first kappa shape index (κ1) is 18.8. The van der Waals surface area contributed by atoms with Crippen LogP contribution in [0.15, 0.2) is 84.5 Å². The minimum absolute atomic E-state index is 0.148. The predicted molar refractivity (Wildman–Crippen MR) is 114 cm³/mol. The van der Waals surface area contributed by atoms with Crippen LogP contribution < -0.4 is 0 Å². The van der Waals surface area contributed by atoms with Crippen LogP contribution >= 0.6 is 11.3 Å². The Labute approximate surface area is 172 Å². The molecule has 0 fully saturated rings. The van der Waals surface area contributed by atoms with Crippen LogP contribution in [0.5, 0.6) is 0 Å². The zero-order valence-electron chi connectivity index (χ0n) is 15.6. The number of thiophene rings is 1. The Balaban J connectivity index is 1.50. The molecule has 0 atom stereocenters. The molecule has 3 heterocycles. The fourth-order valence-corrected chi connectivity index (χ4v) is 3.58. The molecule has 4 rings (SSSR count). The Hall–Kier alpha value is -3.51. The lowest BCUT2D eigenvalue weighted by Gasteiger charge is -2.00. The monoisotopic (exact) mass is 401 g/mol. The summed E-state index contributed by atoms with van der Waals surface area (Å²) in [5, 5.41) is 6.75. The number of hydrogen-bond donors (Lipinski definition) is 0. The highest BCUT2D eigenvalue weighted by atomic mass is 32.1. The lowest BCUT2D eigenvalue weighted by atomic mass is 10.2. The van der Waals surface area contributed by atoms with Crippen LogP contribution in [0.1, 0.15) is 16.8 Å². The average molecular weight is 401 g/mol. The van der Waals surface area contributed by atoms with Crippen molar-refractivity contribution in [3.63, 3.8) is 0 Å². The van der Waals surface area contributed by atoms with E-state index in [-0.39, 0.29) is 6.61 Å². The molecule has 3 aromatic heterocycles. The number of carbonyl (C=O) groups is 1. The molecule has 144 valence electrons. The SMILES string of the molecule is O=C(/C=C/c1cn(Cc2ccccc2)nc1-c1cccs1)OCc1ccccn1. The number of pyridine rings is 1. The van der Waals surface area contributed by atoms with Gasteiger partial charge in [-0.3, -0.25) is 9.67 Å². The third-order valence-corrected chi connectivity index (χ3v) is 5.10. The van der Waals surface area contributed by atoms with Crippen LogP contribution in [-0.2, 0) is 22.7 Å². The maximum Gasteiger partial charge on any atom is 0.331 e. The van der Waals surface area contributed by atoms with Crippen LogP contribution in [-0.4, -0.2) is 20.7 Å². The highest BCUT2D eigenvalue weighted by Crippen LogP contribution is 2.27. The van der Waals surface area contributed by atoms with Gasteiger partial charge < -0.3 is 4.74 Å². The molecule has 0 radical (unpaired) electrons. The molecule has 29 heavy (non-hydrogen) atoms. The van der Waals surface area contributed by atoms with E-state index in [0.717, 1.165) is 21.7 Å². The number of rotatable bonds is 7. The number of ether oxygens (including phenoxy) is 1. The van der Waals surface area contributed by atoms with Gasteiger partial charge in [0, 0.05) is 24.0 Å². The number of carbonyl (C=O) groups excluding carboxylic acids is 1. The third-order valence-electron chi connectivity index (χ3n) is 4.22. The molecule has 5 nitrogen and oxygen atoms in total.